The van der Waals surface area contributed by atoms with E-state index in [0.29, 0.717) is 35.5 Å². The highest BCUT2D eigenvalue weighted by Crippen LogP contribution is 2.29. The van der Waals surface area contributed by atoms with Gasteiger partial charge < -0.3 is 14.4 Å². The predicted octanol–water partition coefficient (Wildman–Crippen LogP) is 2.32. The standard InChI is InChI=1S/C13H16BrNO3/c1-9-8-15(6-7-18-9)13(16)10-4-3-5-11(17-2)12(10)14/h3-5,9H,6-8H2,1-2H3/t9-/m0/s1. The first-order valence-electron chi connectivity index (χ1n) is 5.87. The van der Waals surface area contributed by atoms with Crippen molar-refractivity contribution >= 4 is 21.8 Å². The third kappa shape index (κ3) is 2.67. The molecule has 1 fully saturated rings. The molecule has 4 nitrogen and oxygen atoms in total. The molecule has 0 spiro atoms. The molecule has 18 heavy (non-hydrogen) atoms. The second-order valence-electron chi connectivity index (χ2n) is 4.25. The number of hydrogen-bond acceptors (Lipinski definition) is 3. The van der Waals surface area contributed by atoms with Crippen molar-refractivity contribution in [3.8, 4) is 5.75 Å². The van der Waals surface area contributed by atoms with Gasteiger partial charge in [-0.05, 0) is 35.0 Å². The van der Waals surface area contributed by atoms with Crippen molar-refractivity contribution in [3.63, 3.8) is 0 Å². The number of carbonyl (C=O) groups is 1. The number of benzene rings is 1. The molecule has 0 N–H and O–H groups in total. The van der Waals surface area contributed by atoms with Crippen molar-refractivity contribution in [2.75, 3.05) is 26.8 Å². The minimum absolute atomic E-state index is 0.0101. The van der Waals surface area contributed by atoms with E-state index >= 15 is 0 Å². The van der Waals surface area contributed by atoms with Crippen LogP contribution < -0.4 is 4.74 Å². The minimum Gasteiger partial charge on any atom is -0.496 e. The first kappa shape index (κ1) is 13.4. The van der Waals surface area contributed by atoms with Crippen LogP contribution in [-0.2, 0) is 4.74 Å². The quantitative estimate of drug-likeness (QED) is 0.841. The molecule has 1 aliphatic rings. The lowest BCUT2D eigenvalue weighted by molar-refractivity contribution is -0.0124. The van der Waals surface area contributed by atoms with Gasteiger partial charge in [0.15, 0.2) is 0 Å². The van der Waals surface area contributed by atoms with Crippen LogP contribution in [0.2, 0.25) is 0 Å². The second-order valence-corrected chi connectivity index (χ2v) is 5.05. The molecule has 1 aliphatic heterocycles. The average molecular weight is 314 g/mol. The van der Waals surface area contributed by atoms with Crippen LogP contribution >= 0.6 is 15.9 Å². The normalized spacial score (nSPS) is 19.7. The van der Waals surface area contributed by atoms with Crippen LogP contribution in [0.3, 0.4) is 0 Å². The van der Waals surface area contributed by atoms with Gasteiger partial charge in [0.25, 0.3) is 5.91 Å². The fourth-order valence-corrected chi connectivity index (χ4v) is 2.60. The first-order chi connectivity index (χ1) is 8.63. The third-order valence-corrected chi connectivity index (χ3v) is 3.76. The Balaban J connectivity index is 2.23. The number of halogens is 1. The van der Waals surface area contributed by atoms with E-state index in [9.17, 15) is 4.79 Å². The summed E-state index contributed by atoms with van der Waals surface area (Å²) in [6.45, 7) is 3.82. The van der Waals surface area contributed by atoms with Crippen LogP contribution in [0, 0.1) is 0 Å². The van der Waals surface area contributed by atoms with Crippen molar-refractivity contribution in [2.45, 2.75) is 13.0 Å². The molecular formula is C13H16BrNO3. The molecule has 0 aliphatic carbocycles. The Morgan fingerprint density at radius 1 is 1.56 bits per heavy atom. The molecule has 1 aromatic rings. The van der Waals surface area contributed by atoms with Crippen LogP contribution in [0.15, 0.2) is 22.7 Å². The molecule has 5 heteroatoms. The molecule has 0 unspecified atom stereocenters. The van der Waals surface area contributed by atoms with Gasteiger partial charge in [0.1, 0.15) is 5.75 Å². The maximum absolute atomic E-state index is 12.4. The number of morpholine rings is 1. The number of hydrogen-bond donors (Lipinski definition) is 0. The summed E-state index contributed by atoms with van der Waals surface area (Å²) in [4.78, 5) is 14.2. The zero-order valence-corrected chi connectivity index (χ0v) is 12.1. The van der Waals surface area contributed by atoms with Crippen LogP contribution in [0.4, 0.5) is 0 Å². The van der Waals surface area contributed by atoms with Gasteiger partial charge in [-0.3, -0.25) is 4.79 Å². The van der Waals surface area contributed by atoms with Crippen molar-refractivity contribution in [3.05, 3.63) is 28.2 Å². The number of carbonyl (C=O) groups excluding carboxylic acids is 1. The molecule has 98 valence electrons. The molecule has 0 saturated carbocycles. The summed E-state index contributed by atoms with van der Waals surface area (Å²) >= 11 is 3.42. The SMILES string of the molecule is COc1cccc(C(=O)N2CCO[C@@H](C)C2)c1Br. The summed E-state index contributed by atoms with van der Waals surface area (Å²) in [7, 11) is 1.59. The van der Waals surface area contributed by atoms with Crippen molar-refractivity contribution < 1.29 is 14.3 Å². The summed E-state index contributed by atoms with van der Waals surface area (Å²) in [5.74, 6) is 0.679. The molecule has 1 heterocycles. The highest BCUT2D eigenvalue weighted by molar-refractivity contribution is 9.10. The van der Waals surface area contributed by atoms with E-state index in [-0.39, 0.29) is 12.0 Å². The van der Waals surface area contributed by atoms with E-state index < -0.39 is 0 Å². The summed E-state index contributed by atoms with van der Waals surface area (Å²) in [5.41, 5.74) is 0.628. The monoisotopic (exact) mass is 313 g/mol. The fraction of sp³-hybridized carbons (Fsp3) is 0.462. The van der Waals surface area contributed by atoms with Gasteiger partial charge in [-0.2, -0.15) is 0 Å². The van der Waals surface area contributed by atoms with Crippen LogP contribution in [0.25, 0.3) is 0 Å². The van der Waals surface area contributed by atoms with Gasteiger partial charge >= 0.3 is 0 Å². The summed E-state index contributed by atoms with van der Waals surface area (Å²) in [5, 5.41) is 0. The minimum atomic E-state index is 0.0101. The van der Waals surface area contributed by atoms with E-state index in [1.165, 1.54) is 0 Å². The number of ether oxygens (including phenoxy) is 2. The Labute approximate surface area is 115 Å². The number of methoxy groups -OCH3 is 1. The van der Waals surface area contributed by atoms with E-state index in [2.05, 4.69) is 15.9 Å². The van der Waals surface area contributed by atoms with Crippen LogP contribution in [0.1, 0.15) is 17.3 Å². The Morgan fingerprint density at radius 3 is 3.00 bits per heavy atom. The van der Waals surface area contributed by atoms with E-state index in [0.717, 1.165) is 0 Å². The van der Waals surface area contributed by atoms with Crippen molar-refractivity contribution in [1.29, 1.82) is 0 Å². The summed E-state index contributed by atoms with van der Waals surface area (Å²) in [6, 6.07) is 5.44. The topological polar surface area (TPSA) is 38.8 Å². The lowest BCUT2D eigenvalue weighted by Crippen LogP contribution is -2.44. The smallest absolute Gasteiger partial charge is 0.255 e. The van der Waals surface area contributed by atoms with Gasteiger partial charge in [-0.25, -0.2) is 0 Å². The van der Waals surface area contributed by atoms with Gasteiger partial charge in [0.05, 0.1) is 29.9 Å². The largest absolute Gasteiger partial charge is 0.496 e. The van der Waals surface area contributed by atoms with Gasteiger partial charge in [-0.15, -0.1) is 0 Å². The van der Waals surface area contributed by atoms with Crippen LogP contribution in [0.5, 0.6) is 5.75 Å². The van der Waals surface area contributed by atoms with Crippen molar-refractivity contribution in [2.24, 2.45) is 0 Å². The second kappa shape index (κ2) is 5.71. The molecule has 1 atom stereocenters. The summed E-state index contributed by atoms with van der Waals surface area (Å²) in [6.07, 6.45) is 0.0899. The summed E-state index contributed by atoms with van der Waals surface area (Å²) < 4.78 is 11.3. The number of rotatable bonds is 2. The third-order valence-electron chi connectivity index (χ3n) is 2.94. The Bertz CT molecular complexity index is 450. The van der Waals surface area contributed by atoms with E-state index in [1.807, 2.05) is 24.0 Å². The van der Waals surface area contributed by atoms with Crippen molar-refractivity contribution in [1.82, 2.24) is 4.90 Å². The maximum atomic E-state index is 12.4. The predicted molar refractivity (Wildman–Crippen MR) is 72.0 cm³/mol. The van der Waals surface area contributed by atoms with E-state index in [1.54, 1.807) is 13.2 Å². The molecule has 2 rings (SSSR count). The molecule has 0 radical (unpaired) electrons. The molecular weight excluding hydrogens is 298 g/mol. The van der Waals surface area contributed by atoms with Gasteiger partial charge in [0.2, 0.25) is 0 Å². The number of nitrogens with zero attached hydrogens (tertiary/aromatic N) is 1. The molecule has 0 bridgehead atoms. The molecule has 0 aromatic heterocycles. The first-order valence-corrected chi connectivity index (χ1v) is 6.66. The fourth-order valence-electron chi connectivity index (χ4n) is 2.01. The van der Waals surface area contributed by atoms with E-state index in [4.69, 9.17) is 9.47 Å². The Hall–Kier alpha value is -1.07. The average Bonchev–Trinajstić information content (AvgIpc) is 2.38. The zero-order valence-electron chi connectivity index (χ0n) is 10.5. The van der Waals surface area contributed by atoms with Crippen LogP contribution in [-0.4, -0.2) is 43.7 Å². The molecule has 1 saturated heterocycles. The van der Waals surface area contributed by atoms with Gasteiger partial charge in [0, 0.05) is 13.1 Å². The molecule has 1 amide bonds. The Morgan fingerprint density at radius 2 is 2.33 bits per heavy atom. The lowest BCUT2D eigenvalue weighted by Gasteiger charge is -2.31. The highest BCUT2D eigenvalue weighted by atomic mass is 79.9. The molecule has 1 aromatic carbocycles. The number of amides is 1. The Kier molecular flexibility index (Phi) is 4.24. The zero-order chi connectivity index (χ0) is 13.1. The maximum Gasteiger partial charge on any atom is 0.255 e. The highest BCUT2D eigenvalue weighted by Gasteiger charge is 2.24. The van der Waals surface area contributed by atoms with Gasteiger partial charge in [-0.1, -0.05) is 6.07 Å². The lowest BCUT2D eigenvalue weighted by atomic mass is 10.1.